The minimum absolute atomic E-state index is 0.143. The van der Waals surface area contributed by atoms with Crippen molar-refractivity contribution in [3.05, 3.63) is 93.6 Å². The van der Waals surface area contributed by atoms with E-state index in [1.807, 2.05) is 19.1 Å². The molecule has 0 bridgehead atoms. The average Bonchev–Trinajstić information content (AvgIpc) is 3.29. The van der Waals surface area contributed by atoms with E-state index in [0.29, 0.717) is 39.2 Å². The third-order valence-electron chi connectivity index (χ3n) is 5.83. The molecule has 0 fully saturated rings. The normalized spacial score (nSPS) is 12.9. The Morgan fingerprint density at radius 1 is 0.971 bits per heavy atom. The Kier molecular flexibility index (Phi) is 4.31. The van der Waals surface area contributed by atoms with Crippen LogP contribution in [0.25, 0.3) is 27.4 Å². The SMILES string of the molecule is Cc1cc(=O)oc2cc(OCc3cn(-c4ccc5c6c(cccc46)C(=O)NC5=O)nn3)ccc12. The number of hydrogen-bond donors (Lipinski definition) is 1. The van der Waals surface area contributed by atoms with Crippen LogP contribution >= 0.6 is 0 Å². The van der Waals surface area contributed by atoms with Gasteiger partial charge in [-0.2, -0.15) is 0 Å². The second kappa shape index (κ2) is 7.38. The van der Waals surface area contributed by atoms with E-state index in [1.165, 1.54) is 6.07 Å². The lowest BCUT2D eigenvalue weighted by atomic mass is 9.94. The largest absolute Gasteiger partial charge is 0.487 e. The van der Waals surface area contributed by atoms with Gasteiger partial charge in [-0.15, -0.1) is 5.10 Å². The molecule has 0 saturated carbocycles. The van der Waals surface area contributed by atoms with E-state index < -0.39 is 17.4 Å². The highest BCUT2D eigenvalue weighted by Gasteiger charge is 2.26. The van der Waals surface area contributed by atoms with Crippen molar-refractivity contribution in [2.24, 2.45) is 0 Å². The zero-order valence-corrected chi connectivity index (χ0v) is 17.9. The minimum Gasteiger partial charge on any atom is -0.487 e. The molecule has 0 spiro atoms. The molecular weight excluding hydrogens is 436 g/mol. The van der Waals surface area contributed by atoms with Crippen molar-refractivity contribution in [1.29, 1.82) is 0 Å². The summed E-state index contributed by atoms with van der Waals surface area (Å²) in [5.74, 6) is -0.314. The molecule has 3 heterocycles. The van der Waals surface area contributed by atoms with Gasteiger partial charge in [0.05, 0.1) is 11.9 Å². The summed E-state index contributed by atoms with van der Waals surface area (Å²) in [7, 11) is 0. The first-order chi connectivity index (χ1) is 16.5. The van der Waals surface area contributed by atoms with Crippen molar-refractivity contribution in [3.8, 4) is 11.4 Å². The first-order valence-electron chi connectivity index (χ1n) is 10.5. The van der Waals surface area contributed by atoms with Gasteiger partial charge in [0.25, 0.3) is 11.8 Å². The van der Waals surface area contributed by atoms with Gasteiger partial charge in [-0.3, -0.25) is 14.9 Å². The number of nitrogens with zero attached hydrogens (tertiary/aromatic N) is 3. The summed E-state index contributed by atoms with van der Waals surface area (Å²) in [5, 5.41) is 12.9. The molecule has 1 aliphatic heterocycles. The smallest absolute Gasteiger partial charge is 0.336 e. The zero-order chi connectivity index (χ0) is 23.4. The summed E-state index contributed by atoms with van der Waals surface area (Å²) in [6.45, 7) is 1.99. The fourth-order valence-corrected chi connectivity index (χ4v) is 4.24. The quantitative estimate of drug-likeness (QED) is 0.328. The number of aromatic nitrogens is 3. The summed E-state index contributed by atoms with van der Waals surface area (Å²) in [5.41, 5.74) is 3.01. The first-order valence-corrected chi connectivity index (χ1v) is 10.5. The fraction of sp³-hybridized carbons (Fsp3) is 0.0800. The highest BCUT2D eigenvalue weighted by molar-refractivity contribution is 6.26. The van der Waals surface area contributed by atoms with Crippen molar-refractivity contribution in [3.63, 3.8) is 0 Å². The van der Waals surface area contributed by atoms with E-state index >= 15 is 0 Å². The van der Waals surface area contributed by atoms with Crippen LogP contribution in [-0.2, 0) is 6.61 Å². The number of ether oxygens (including phenoxy) is 1. The standard InChI is InChI=1S/C25H16N4O5/c1-13-9-22(30)34-21-10-15(5-6-16(13)21)33-12-14-11-29(28-27-14)20-8-7-19-23-17(20)3-2-4-18(23)24(31)26-25(19)32/h2-11H,12H2,1H3,(H,26,31,32). The summed E-state index contributed by atoms with van der Waals surface area (Å²) in [4.78, 5) is 36.2. The van der Waals surface area contributed by atoms with Crippen LogP contribution in [0.5, 0.6) is 5.75 Å². The van der Waals surface area contributed by atoms with Crippen LogP contribution in [0.1, 0.15) is 32.0 Å². The highest BCUT2D eigenvalue weighted by Crippen LogP contribution is 2.31. The number of nitrogens with one attached hydrogen (secondary N) is 1. The van der Waals surface area contributed by atoms with Crippen LogP contribution in [0.3, 0.4) is 0 Å². The summed E-state index contributed by atoms with van der Waals surface area (Å²) >= 11 is 0. The molecule has 0 atom stereocenters. The summed E-state index contributed by atoms with van der Waals surface area (Å²) < 4.78 is 12.7. The summed E-state index contributed by atoms with van der Waals surface area (Å²) in [6.07, 6.45) is 1.72. The van der Waals surface area contributed by atoms with Gasteiger partial charge in [0, 0.05) is 39.4 Å². The number of hydrogen-bond acceptors (Lipinski definition) is 7. The fourth-order valence-electron chi connectivity index (χ4n) is 4.24. The third kappa shape index (κ3) is 3.14. The van der Waals surface area contributed by atoms with Crippen molar-refractivity contribution < 1.29 is 18.7 Å². The maximum absolute atomic E-state index is 12.3. The van der Waals surface area contributed by atoms with Crippen molar-refractivity contribution in [1.82, 2.24) is 20.3 Å². The number of carbonyl (C=O) groups is 2. The Bertz CT molecular complexity index is 1700. The molecule has 0 unspecified atom stereocenters. The first kappa shape index (κ1) is 19.9. The molecule has 2 aromatic heterocycles. The molecule has 6 rings (SSSR count). The zero-order valence-electron chi connectivity index (χ0n) is 17.9. The van der Waals surface area contributed by atoms with Crippen LogP contribution in [0, 0.1) is 6.92 Å². The van der Waals surface area contributed by atoms with E-state index in [9.17, 15) is 14.4 Å². The average molecular weight is 452 g/mol. The minimum atomic E-state index is -0.422. The van der Waals surface area contributed by atoms with E-state index in [4.69, 9.17) is 9.15 Å². The maximum Gasteiger partial charge on any atom is 0.336 e. The Morgan fingerprint density at radius 3 is 2.65 bits per heavy atom. The molecular formula is C25H16N4O5. The lowest BCUT2D eigenvalue weighted by Crippen LogP contribution is -2.34. The lowest BCUT2D eigenvalue weighted by Gasteiger charge is -2.18. The van der Waals surface area contributed by atoms with Gasteiger partial charge >= 0.3 is 5.63 Å². The number of amides is 2. The molecule has 0 aliphatic carbocycles. The van der Waals surface area contributed by atoms with E-state index in [2.05, 4.69) is 15.6 Å². The number of fused-ring (bicyclic) bond motifs is 1. The molecule has 34 heavy (non-hydrogen) atoms. The van der Waals surface area contributed by atoms with Crippen LogP contribution in [0.2, 0.25) is 0 Å². The molecule has 3 aromatic carbocycles. The van der Waals surface area contributed by atoms with Crippen molar-refractivity contribution in [2.75, 3.05) is 0 Å². The number of aryl methyl sites for hydroxylation is 1. The molecule has 2 amide bonds. The number of carbonyl (C=O) groups excluding carboxylic acids is 2. The van der Waals surface area contributed by atoms with Gasteiger partial charge in [0.2, 0.25) is 0 Å². The van der Waals surface area contributed by atoms with Gasteiger partial charge in [-0.05, 0) is 42.8 Å². The van der Waals surface area contributed by atoms with Crippen LogP contribution in [0.15, 0.2) is 70.0 Å². The van der Waals surface area contributed by atoms with E-state index in [1.54, 1.807) is 47.3 Å². The van der Waals surface area contributed by atoms with Crippen molar-refractivity contribution >= 4 is 33.6 Å². The van der Waals surface area contributed by atoms with Gasteiger partial charge in [0.1, 0.15) is 23.6 Å². The van der Waals surface area contributed by atoms with Crippen LogP contribution < -0.4 is 15.7 Å². The topological polar surface area (TPSA) is 116 Å². The van der Waals surface area contributed by atoms with E-state index in [0.717, 1.165) is 16.3 Å². The van der Waals surface area contributed by atoms with Crippen molar-refractivity contribution in [2.45, 2.75) is 13.5 Å². The highest BCUT2D eigenvalue weighted by atomic mass is 16.5. The Morgan fingerprint density at radius 2 is 1.79 bits per heavy atom. The number of benzene rings is 3. The maximum atomic E-state index is 12.3. The van der Waals surface area contributed by atoms with Gasteiger partial charge < -0.3 is 9.15 Å². The van der Waals surface area contributed by atoms with Crippen LogP contribution in [0.4, 0.5) is 0 Å². The molecule has 9 heteroatoms. The molecule has 1 N–H and O–H groups in total. The molecule has 0 radical (unpaired) electrons. The van der Waals surface area contributed by atoms with Gasteiger partial charge in [-0.1, -0.05) is 17.3 Å². The molecule has 0 saturated heterocycles. The molecule has 166 valence electrons. The lowest BCUT2D eigenvalue weighted by molar-refractivity contribution is 0.0845. The van der Waals surface area contributed by atoms with Gasteiger partial charge in [-0.25, -0.2) is 9.48 Å². The molecule has 5 aromatic rings. The Labute approximate surface area is 191 Å². The summed E-state index contributed by atoms with van der Waals surface area (Å²) in [6, 6.07) is 15.5. The predicted molar refractivity (Wildman–Crippen MR) is 122 cm³/mol. The second-order valence-corrected chi connectivity index (χ2v) is 7.99. The van der Waals surface area contributed by atoms with Gasteiger partial charge in [0.15, 0.2) is 0 Å². The molecule has 9 nitrogen and oxygen atoms in total. The van der Waals surface area contributed by atoms with E-state index in [-0.39, 0.29) is 6.61 Å². The monoisotopic (exact) mass is 452 g/mol. The number of imide groups is 1. The molecule has 1 aliphatic rings. The Hall–Kier alpha value is -4.79. The Balaban J connectivity index is 1.31. The third-order valence-corrected chi connectivity index (χ3v) is 5.83. The predicted octanol–water partition coefficient (Wildman–Crippen LogP) is 3.30. The number of rotatable bonds is 4. The van der Waals surface area contributed by atoms with Crippen LogP contribution in [-0.4, -0.2) is 26.8 Å². The second-order valence-electron chi connectivity index (χ2n) is 7.99.